The fourth-order valence-electron chi connectivity index (χ4n) is 3.84. The lowest BCUT2D eigenvalue weighted by Gasteiger charge is -2.33. The minimum absolute atomic E-state index is 0.0180. The molecule has 38 heavy (non-hydrogen) atoms. The number of nitrogens with one attached hydrogen (secondary N) is 1. The SMILES string of the molecule is CNC(=O)[C@@H](Cc1ccccc1)N(Cc1ccc(Cl)c(Cl)c1)C(=O)CN(c1cccc(Cl)c1Cl)S(C)(=O)=O. The molecule has 0 aliphatic rings. The third-order valence-corrected chi connectivity index (χ3v) is 8.41. The van der Waals surface area contributed by atoms with Crippen molar-refractivity contribution in [1.29, 1.82) is 0 Å². The number of halogens is 4. The fraction of sp³-hybridized carbons (Fsp3) is 0.231. The zero-order chi connectivity index (χ0) is 28.0. The van der Waals surface area contributed by atoms with Gasteiger partial charge in [0, 0.05) is 20.0 Å². The topological polar surface area (TPSA) is 86.8 Å². The van der Waals surface area contributed by atoms with Crippen LogP contribution in [0.1, 0.15) is 11.1 Å². The van der Waals surface area contributed by atoms with Crippen molar-refractivity contribution >= 4 is 73.9 Å². The number of hydrogen-bond donors (Lipinski definition) is 1. The van der Waals surface area contributed by atoms with Crippen molar-refractivity contribution < 1.29 is 18.0 Å². The molecule has 0 bridgehead atoms. The minimum Gasteiger partial charge on any atom is -0.357 e. The summed E-state index contributed by atoms with van der Waals surface area (Å²) in [5, 5.41) is 3.33. The molecule has 202 valence electrons. The van der Waals surface area contributed by atoms with Gasteiger partial charge < -0.3 is 10.2 Å². The minimum atomic E-state index is -3.98. The van der Waals surface area contributed by atoms with Crippen LogP contribution < -0.4 is 9.62 Å². The van der Waals surface area contributed by atoms with Gasteiger partial charge in [-0.1, -0.05) is 88.9 Å². The van der Waals surface area contributed by atoms with Gasteiger partial charge in [0.05, 0.1) is 32.0 Å². The first-order chi connectivity index (χ1) is 17.9. The van der Waals surface area contributed by atoms with E-state index in [0.29, 0.717) is 10.6 Å². The molecule has 1 N–H and O–H groups in total. The number of carbonyl (C=O) groups excluding carboxylic acids is 2. The molecule has 12 heteroatoms. The second kappa shape index (κ2) is 13.0. The van der Waals surface area contributed by atoms with Gasteiger partial charge in [0.15, 0.2) is 0 Å². The highest BCUT2D eigenvalue weighted by Crippen LogP contribution is 2.34. The third-order valence-electron chi connectivity index (χ3n) is 5.73. The first-order valence-corrected chi connectivity index (χ1v) is 14.7. The van der Waals surface area contributed by atoms with Gasteiger partial charge in [0.1, 0.15) is 12.6 Å². The number of rotatable bonds is 10. The van der Waals surface area contributed by atoms with E-state index in [0.717, 1.165) is 16.1 Å². The second-order valence-corrected chi connectivity index (χ2v) is 11.9. The lowest BCUT2D eigenvalue weighted by Crippen LogP contribution is -2.52. The third kappa shape index (κ3) is 7.55. The van der Waals surface area contributed by atoms with Gasteiger partial charge >= 0.3 is 0 Å². The number of nitrogens with zero attached hydrogens (tertiary/aromatic N) is 2. The summed E-state index contributed by atoms with van der Waals surface area (Å²) >= 11 is 24.7. The quantitative estimate of drug-likeness (QED) is 0.328. The van der Waals surface area contributed by atoms with Crippen molar-refractivity contribution in [1.82, 2.24) is 10.2 Å². The molecule has 3 rings (SSSR count). The zero-order valence-electron chi connectivity index (χ0n) is 20.5. The Kier molecular flexibility index (Phi) is 10.3. The summed E-state index contributed by atoms with van der Waals surface area (Å²) in [6.45, 7) is -0.663. The lowest BCUT2D eigenvalue weighted by atomic mass is 10.0. The van der Waals surface area contributed by atoms with Crippen LogP contribution in [0.25, 0.3) is 0 Å². The van der Waals surface area contributed by atoms with E-state index in [9.17, 15) is 18.0 Å². The molecule has 0 heterocycles. The van der Waals surface area contributed by atoms with Gasteiger partial charge in [0.2, 0.25) is 21.8 Å². The Morgan fingerprint density at radius 1 is 0.868 bits per heavy atom. The maximum atomic E-state index is 13.9. The Morgan fingerprint density at radius 2 is 1.55 bits per heavy atom. The van der Waals surface area contributed by atoms with Crippen LogP contribution in [0.4, 0.5) is 5.69 Å². The van der Waals surface area contributed by atoms with E-state index < -0.39 is 34.4 Å². The maximum Gasteiger partial charge on any atom is 0.244 e. The van der Waals surface area contributed by atoms with Crippen molar-refractivity contribution in [3.8, 4) is 0 Å². The van der Waals surface area contributed by atoms with Crippen molar-refractivity contribution in [2.24, 2.45) is 0 Å². The summed E-state index contributed by atoms with van der Waals surface area (Å²) < 4.78 is 26.4. The van der Waals surface area contributed by atoms with Gasteiger partial charge in [-0.2, -0.15) is 0 Å². The predicted octanol–water partition coefficient (Wildman–Crippen LogP) is 5.45. The van der Waals surface area contributed by atoms with Gasteiger partial charge in [-0.05, 0) is 35.4 Å². The summed E-state index contributed by atoms with van der Waals surface area (Å²) in [6, 6.07) is 17.6. The molecule has 0 fully saturated rings. The van der Waals surface area contributed by atoms with Crippen LogP contribution in [0, 0.1) is 0 Å². The molecule has 3 aromatic rings. The summed E-state index contributed by atoms with van der Waals surface area (Å²) in [5.74, 6) is -1.06. The van der Waals surface area contributed by atoms with Crippen LogP contribution >= 0.6 is 46.4 Å². The molecular weight excluding hydrogens is 592 g/mol. The van der Waals surface area contributed by atoms with E-state index >= 15 is 0 Å². The highest BCUT2D eigenvalue weighted by molar-refractivity contribution is 7.92. The maximum absolute atomic E-state index is 13.9. The molecule has 0 aliphatic heterocycles. The van der Waals surface area contributed by atoms with E-state index in [1.54, 1.807) is 18.2 Å². The standard InChI is InChI=1S/C26H25Cl4N3O4S/c1-31-26(35)23(14-17-7-4-3-5-8-17)32(15-18-11-12-19(27)21(29)13-18)24(34)16-33(38(2,36)37)22-10-6-9-20(28)25(22)30/h3-13,23H,14-16H2,1-2H3,(H,31,35)/t23-/m1/s1. The highest BCUT2D eigenvalue weighted by Gasteiger charge is 2.33. The van der Waals surface area contributed by atoms with E-state index in [4.69, 9.17) is 46.4 Å². The Balaban J connectivity index is 2.07. The van der Waals surface area contributed by atoms with E-state index in [2.05, 4.69) is 5.32 Å². The number of hydrogen-bond acceptors (Lipinski definition) is 4. The lowest BCUT2D eigenvalue weighted by molar-refractivity contribution is -0.139. The monoisotopic (exact) mass is 615 g/mol. The van der Waals surface area contributed by atoms with Crippen LogP contribution in [0.3, 0.4) is 0 Å². The molecule has 0 radical (unpaired) electrons. The summed E-state index contributed by atoms with van der Waals surface area (Å²) in [6.07, 6.45) is 1.14. The Morgan fingerprint density at radius 3 is 2.16 bits per heavy atom. The number of anilines is 1. The van der Waals surface area contributed by atoms with Crippen molar-refractivity contribution in [3.63, 3.8) is 0 Å². The Bertz CT molecular complexity index is 1420. The zero-order valence-corrected chi connectivity index (χ0v) is 24.3. The predicted molar refractivity (Wildman–Crippen MR) is 154 cm³/mol. The van der Waals surface area contributed by atoms with Crippen LogP contribution in [0.5, 0.6) is 0 Å². The average molecular weight is 617 g/mol. The number of benzene rings is 3. The van der Waals surface area contributed by atoms with Crippen molar-refractivity contribution in [2.45, 2.75) is 19.0 Å². The largest absolute Gasteiger partial charge is 0.357 e. The average Bonchev–Trinajstić information content (AvgIpc) is 2.88. The number of amides is 2. The Hall–Kier alpha value is -2.49. The molecule has 0 saturated heterocycles. The molecule has 7 nitrogen and oxygen atoms in total. The Labute approximate surface area is 242 Å². The summed E-state index contributed by atoms with van der Waals surface area (Å²) in [5.41, 5.74) is 1.45. The molecule has 1 atom stereocenters. The first kappa shape index (κ1) is 30.1. The molecular formula is C26H25Cl4N3O4S. The first-order valence-electron chi connectivity index (χ1n) is 11.3. The normalized spacial score (nSPS) is 12.1. The fourth-order valence-corrected chi connectivity index (χ4v) is 5.46. The smallest absolute Gasteiger partial charge is 0.244 e. The summed E-state index contributed by atoms with van der Waals surface area (Å²) in [4.78, 5) is 28.3. The molecule has 3 aromatic carbocycles. The van der Waals surface area contributed by atoms with Crippen LogP contribution in [-0.2, 0) is 32.6 Å². The number of carbonyl (C=O) groups is 2. The van der Waals surface area contributed by atoms with Crippen molar-refractivity contribution in [3.05, 3.63) is 97.9 Å². The second-order valence-electron chi connectivity index (χ2n) is 8.43. The highest BCUT2D eigenvalue weighted by atomic mass is 35.5. The molecule has 2 amide bonds. The molecule has 0 aromatic heterocycles. The van der Waals surface area contributed by atoms with E-state index in [-0.39, 0.29) is 33.7 Å². The van der Waals surface area contributed by atoms with Crippen LogP contribution in [0.15, 0.2) is 66.7 Å². The molecule has 0 spiro atoms. The van der Waals surface area contributed by atoms with Crippen LogP contribution in [0.2, 0.25) is 20.1 Å². The molecule has 0 unspecified atom stereocenters. The molecule has 0 aliphatic carbocycles. The van der Waals surface area contributed by atoms with E-state index in [1.165, 1.54) is 30.1 Å². The molecule has 0 saturated carbocycles. The number of likely N-dealkylation sites (N-methyl/N-ethyl adjacent to an activating group) is 1. The number of sulfonamides is 1. The van der Waals surface area contributed by atoms with Crippen molar-refractivity contribution in [2.75, 3.05) is 24.2 Å². The van der Waals surface area contributed by atoms with Gasteiger partial charge in [0.25, 0.3) is 0 Å². The van der Waals surface area contributed by atoms with Gasteiger partial charge in [-0.25, -0.2) is 8.42 Å². The van der Waals surface area contributed by atoms with E-state index in [1.807, 2.05) is 30.3 Å². The van der Waals surface area contributed by atoms with Gasteiger partial charge in [-0.3, -0.25) is 13.9 Å². The summed E-state index contributed by atoms with van der Waals surface area (Å²) in [7, 11) is -2.51. The van der Waals surface area contributed by atoms with Crippen LogP contribution in [-0.4, -0.2) is 51.0 Å². The van der Waals surface area contributed by atoms with Gasteiger partial charge in [-0.15, -0.1) is 0 Å².